The van der Waals surface area contributed by atoms with Crippen LogP contribution < -0.4 is 5.73 Å². The summed E-state index contributed by atoms with van der Waals surface area (Å²) >= 11 is 0. The first-order valence-electron chi connectivity index (χ1n) is 5.04. The van der Waals surface area contributed by atoms with E-state index >= 15 is 0 Å². The molecule has 78 valence electrons. The molecule has 0 saturated heterocycles. The number of benzene rings is 1. The van der Waals surface area contributed by atoms with Gasteiger partial charge in [0.2, 0.25) is 0 Å². The summed E-state index contributed by atoms with van der Waals surface area (Å²) in [6.45, 7) is 4.44. The predicted molar refractivity (Wildman–Crippen MR) is 63.1 cm³/mol. The third-order valence-corrected chi connectivity index (χ3v) is 2.87. The summed E-state index contributed by atoms with van der Waals surface area (Å²) in [5.41, 5.74) is 8.62. The molecule has 1 aliphatic carbocycles. The fourth-order valence-corrected chi connectivity index (χ4v) is 1.73. The summed E-state index contributed by atoms with van der Waals surface area (Å²) in [4.78, 5) is 0. The van der Waals surface area contributed by atoms with E-state index in [4.69, 9.17) is 5.73 Å². The van der Waals surface area contributed by atoms with Crippen LogP contribution in [-0.2, 0) is 0 Å². The Hall–Kier alpha value is -0.530. The topological polar surface area (TPSA) is 26.0 Å². The normalized spacial score (nSPS) is 24.6. The van der Waals surface area contributed by atoms with Gasteiger partial charge in [0, 0.05) is 12.0 Å². The van der Waals surface area contributed by atoms with Crippen LogP contribution in [0, 0.1) is 0 Å². The SMILES string of the molecule is CC(C)c1ccc(C2CC2N)cc1.Cl. The highest BCUT2D eigenvalue weighted by Gasteiger charge is 2.34. The molecule has 1 saturated carbocycles. The molecule has 1 aromatic rings. The van der Waals surface area contributed by atoms with Crippen molar-refractivity contribution < 1.29 is 0 Å². The second kappa shape index (κ2) is 4.33. The first-order chi connectivity index (χ1) is 6.18. The molecule has 0 radical (unpaired) electrons. The van der Waals surface area contributed by atoms with Crippen LogP contribution in [0.3, 0.4) is 0 Å². The van der Waals surface area contributed by atoms with Crippen molar-refractivity contribution in [3.05, 3.63) is 35.4 Å². The van der Waals surface area contributed by atoms with Crippen LogP contribution in [0.4, 0.5) is 0 Å². The number of halogens is 1. The van der Waals surface area contributed by atoms with Crippen molar-refractivity contribution in [2.75, 3.05) is 0 Å². The summed E-state index contributed by atoms with van der Waals surface area (Å²) in [7, 11) is 0. The van der Waals surface area contributed by atoms with E-state index in [-0.39, 0.29) is 12.4 Å². The molecule has 2 unspecified atom stereocenters. The Morgan fingerprint density at radius 3 is 2.07 bits per heavy atom. The van der Waals surface area contributed by atoms with Crippen molar-refractivity contribution in [2.24, 2.45) is 5.73 Å². The van der Waals surface area contributed by atoms with E-state index < -0.39 is 0 Å². The van der Waals surface area contributed by atoms with Crippen LogP contribution in [-0.4, -0.2) is 6.04 Å². The zero-order valence-electron chi connectivity index (χ0n) is 8.73. The first-order valence-corrected chi connectivity index (χ1v) is 5.04. The zero-order chi connectivity index (χ0) is 9.42. The number of rotatable bonds is 2. The Morgan fingerprint density at radius 2 is 1.71 bits per heavy atom. The molecule has 0 aromatic heterocycles. The molecular formula is C12H18ClN. The lowest BCUT2D eigenvalue weighted by molar-refractivity contribution is 0.864. The molecule has 1 nitrogen and oxygen atoms in total. The lowest BCUT2D eigenvalue weighted by Crippen LogP contribution is -2.00. The van der Waals surface area contributed by atoms with Crippen LogP contribution >= 0.6 is 12.4 Å². The van der Waals surface area contributed by atoms with Crippen molar-refractivity contribution in [1.82, 2.24) is 0 Å². The van der Waals surface area contributed by atoms with Gasteiger partial charge in [0.15, 0.2) is 0 Å². The van der Waals surface area contributed by atoms with Crippen molar-refractivity contribution in [1.29, 1.82) is 0 Å². The van der Waals surface area contributed by atoms with Gasteiger partial charge in [-0.25, -0.2) is 0 Å². The van der Waals surface area contributed by atoms with Gasteiger partial charge < -0.3 is 5.73 Å². The Balaban J connectivity index is 0.000000980. The summed E-state index contributed by atoms with van der Waals surface area (Å²) in [6, 6.07) is 9.33. The van der Waals surface area contributed by atoms with Gasteiger partial charge in [-0.05, 0) is 23.5 Å². The van der Waals surface area contributed by atoms with Gasteiger partial charge in [-0.3, -0.25) is 0 Å². The van der Waals surface area contributed by atoms with Gasteiger partial charge in [0.05, 0.1) is 0 Å². The van der Waals surface area contributed by atoms with E-state index in [1.807, 2.05) is 0 Å². The van der Waals surface area contributed by atoms with Crippen molar-refractivity contribution in [2.45, 2.75) is 38.1 Å². The Bertz CT molecular complexity index is 292. The molecule has 0 heterocycles. The zero-order valence-corrected chi connectivity index (χ0v) is 9.55. The standard InChI is InChI=1S/C12H17N.ClH/c1-8(2)9-3-5-10(6-4-9)11-7-12(11)13;/h3-6,8,11-12H,7,13H2,1-2H3;1H. The summed E-state index contributed by atoms with van der Waals surface area (Å²) < 4.78 is 0. The number of hydrogen-bond acceptors (Lipinski definition) is 1. The lowest BCUT2D eigenvalue weighted by atomic mass is 10.0. The average Bonchev–Trinajstić information content (AvgIpc) is 2.83. The van der Waals surface area contributed by atoms with Gasteiger partial charge in [-0.15, -0.1) is 12.4 Å². The highest BCUT2D eigenvalue weighted by atomic mass is 35.5. The maximum absolute atomic E-state index is 5.80. The van der Waals surface area contributed by atoms with E-state index in [0.29, 0.717) is 17.9 Å². The fourth-order valence-electron chi connectivity index (χ4n) is 1.73. The minimum atomic E-state index is 0. The molecule has 0 spiro atoms. The van der Waals surface area contributed by atoms with E-state index in [1.54, 1.807) is 0 Å². The quantitative estimate of drug-likeness (QED) is 0.800. The molecule has 2 rings (SSSR count). The van der Waals surface area contributed by atoms with Gasteiger partial charge in [-0.2, -0.15) is 0 Å². The van der Waals surface area contributed by atoms with Crippen LogP contribution in [0.1, 0.15) is 43.2 Å². The first kappa shape index (κ1) is 11.5. The van der Waals surface area contributed by atoms with Crippen molar-refractivity contribution in [3.8, 4) is 0 Å². The minimum Gasteiger partial charge on any atom is -0.327 e. The molecule has 1 aliphatic rings. The predicted octanol–water partition coefficient (Wildman–Crippen LogP) is 3.05. The summed E-state index contributed by atoms with van der Waals surface area (Å²) in [6.07, 6.45) is 1.17. The number of hydrogen-bond donors (Lipinski definition) is 1. The van der Waals surface area contributed by atoms with E-state index in [1.165, 1.54) is 17.5 Å². The lowest BCUT2D eigenvalue weighted by Gasteiger charge is -2.05. The largest absolute Gasteiger partial charge is 0.327 e. The van der Waals surface area contributed by atoms with Crippen LogP contribution in [0.15, 0.2) is 24.3 Å². The van der Waals surface area contributed by atoms with Crippen LogP contribution in [0.5, 0.6) is 0 Å². The molecule has 0 amide bonds. The molecule has 2 heteroatoms. The minimum absolute atomic E-state index is 0. The van der Waals surface area contributed by atoms with Crippen molar-refractivity contribution in [3.63, 3.8) is 0 Å². The van der Waals surface area contributed by atoms with Crippen LogP contribution in [0.2, 0.25) is 0 Å². The average molecular weight is 212 g/mol. The Kier molecular flexibility index (Phi) is 3.57. The van der Waals surface area contributed by atoms with Crippen molar-refractivity contribution >= 4 is 12.4 Å². The molecule has 1 fully saturated rings. The Labute approximate surface area is 92.1 Å². The summed E-state index contributed by atoms with van der Waals surface area (Å²) in [5, 5.41) is 0. The maximum Gasteiger partial charge on any atom is 0.0115 e. The maximum atomic E-state index is 5.80. The van der Waals surface area contributed by atoms with Crippen LogP contribution in [0.25, 0.3) is 0 Å². The van der Waals surface area contributed by atoms with E-state index in [0.717, 1.165) is 0 Å². The smallest absolute Gasteiger partial charge is 0.0115 e. The molecule has 2 atom stereocenters. The Morgan fingerprint density at radius 1 is 1.21 bits per heavy atom. The number of nitrogens with two attached hydrogens (primary N) is 1. The van der Waals surface area contributed by atoms with Gasteiger partial charge >= 0.3 is 0 Å². The molecule has 0 aliphatic heterocycles. The fraction of sp³-hybridized carbons (Fsp3) is 0.500. The second-order valence-electron chi connectivity index (χ2n) is 4.33. The third-order valence-electron chi connectivity index (χ3n) is 2.87. The molecule has 0 bridgehead atoms. The van der Waals surface area contributed by atoms with E-state index in [9.17, 15) is 0 Å². The molecule has 2 N–H and O–H groups in total. The highest BCUT2D eigenvalue weighted by Crippen LogP contribution is 2.39. The highest BCUT2D eigenvalue weighted by molar-refractivity contribution is 5.85. The van der Waals surface area contributed by atoms with E-state index in [2.05, 4.69) is 38.1 Å². The van der Waals surface area contributed by atoms with Gasteiger partial charge in [0.25, 0.3) is 0 Å². The van der Waals surface area contributed by atoms with Gasteiger partial charge in [-0.1, -0.05) is 38.1 Å². The molecular weight excluding hydrogens is 194 g/mol. The molecule has 14 heavy (non-hydrogen) atoms. The third kappa shape index (κ3) is 2.28. The van der Waals surface area contributed by atoms with Gasteiger partial charge in [0.1, 0.15) is 0 Å². The molecule has 1 aromatic carbocycles. The summed E-state index contributed by atoms with van der Waals surface area (Å²) in [5.74, 6) is 1.27. The second-order valence-corrected chi connectivity index (χ2v) is 4.33. The monoisotopic (exact) mass is 211 g/mol.